The number of nitro groups is 1. The lowest BCUT2D eigenvalue weighted by atomic mass is 9.80. The Morgan fingerprint density at radius 2 is 1.96 bits per heavy atom. The van der Waals surface area contributed by atoms with Gasteiger partial charge in [0.25, 0.3) is 0 Å². The number of hydrogen-bond acceptors (Lipinski definition) is 7. The summed E-state index contributed by atoms with van der Waals surface area (Å²) in [4.78, 5) is 35.1. The van der Waals surface area contributed by atoms with Gasteiger partial charge in [0.1, 0.15) is 5.78 Å². The summed E-state index contributed by atoms with van der Waals surface area (Å²) in [6.07, 6.45) is 0.0250. The second-order valence-electron chi connectivity index (χ2n) is 6.28. The van der Waals surface area contributed by atoms with Gasteiger partial charge in [-0.2, -0.15) is 0 Å². The zero-order valence-corrected chi connectivity index (χ0v) is 15.5. The van der Waals surface area contributed by atoms with Crippen LogP contribution in [0, 0.1) is 23.0 Å². The lowest BCUT2D eigenvalue weighted by Gasteiger charge is -2.24. The molecule has 0 amide bonds. The Hall–Kier alpha value is -3.03. The van der Waals surface area contributed by atoms with Gasteiger partial charge in [-0.25, -0.2) is 0 Å². The van der Waals surface area contributed by atoms with E-state index in [4.69, 9.17) is 9.26 Å². The summed E-state index contributed by atoms with van der Waals surface area (Å²) < 4.78 is 10.3. The van der Waals surface area contributed by atoms with Crippen LogP contribution >= 0.6 is 0 Å². The highest BCUT2D eigenvalue weighted by atomic mass is 16.6. The van der Waals surface area contributed by atoms with Crippen molar-refractivity contribution >= 4 is 17.4 Å². The number of ketones is 1. The van der Waals surface area contributed by atoms with Gasteiger partial charge >= 0.3 is 11.7 Å². The van der Waals surface area contributed by atoms with Crippen molar-refractivity contribution in [2.45, 2.75) is 39.5 Å². The highest BCUT2D eigenvalue weighted by Gasteiger charge is 2.36. The molecule has 0 spiro atoms. The second-order valence-corrected chi connectivity index (χ2v) is 6.28. The van der Waals surface area contributed by atoms with Crippen LogP contribution in [0.25, 0.3) is 0 Å². The number of aromatic nitrogens is 1. The number of carbonyl (C=O) groups is 2. The summed E-state index contributed by atoms with van der Waals surface area (Å²) in [5, 5.41) is 15.1. The quantitative estimate of drug-likeness (QED) is 0.375. The molecule has 0 saturated heterocycles. The molecule has 0 aliphatic rings. The summed E-state index contributed by atoms with van der Waals surface area (Å²) in [5.41, 5.74) is 0.725. The fourth-order valence-corrected chi connectivity index (χ4v) is 3.12. The van der Waals surface area contributed by atoms with Gasteiger partial charge in [0.15, 0.2) is 5.69 Å². The molecule has 0 fully saturated rings. The molecule has 27 heavy (non-hydrogen) atoms. The van der Waals surface area contributed by atoms with Crippen molar-refractivity contribution in [3.8, 4) is 0 Å². The minimum atomic E-state index is -0.783. The Morgan fingerprint density at radius 3 is 2.52 bits per heavy atom. The average Bonchev–Trinajstić information content (AvgIpc) is 2.99. The van der Waals surface area contributed by atoms with Crippen LogP contribution in [-0.2, 0) is 20.7 Å². The van der Waals surface area contributed by atoms with E-state index in [2.05, 4.69) is 5.16 Å². The molecule has 8 nitrogen and oxygen atoms in total. The third-order valence-corrected chi connectivity index (χ3v) is 4.30. The molecule has 0 aliphatic heterocycles. The van der Waals surface area contributed by atoms with E-state index in [0.717, 1.165) is 5.56 Å². The molecule has 2 aromatic rings. The zero-order valence-electron chi connectivity index (χ0n) is 15.5. The van der Waals surface area contributed by atoms with Gasteiger partial charge in [0.2, 0.25) is 5.76 Å². The molecule has 8 heteroatoms. The molecule has 0 N–H and O–H groups in total. The first-order chi connectivity index (χ1) is 12.8. The maximum Gasteiger partial charge on any atom is 0.334 e. The highest BCUT2D eigenvalue weighted by Crippen LogP contribution is 2.35. The maximum atomic E-state index is 12.6. The number of Topliss-reactive ketones (excluding diaryl/α,β-unsaturated/α-hetero) is 1. The SMILES string of the molecule is CCOC(=O)C(CC(C)=O)C(Cc1onc(C)c1[N+](=O)[O-])c1ccccc1. The van der Waals surface area contributed by atoms with E-state index in [9.17, 15) is 19.7 Å². The number of benzene rings is 1. The van der Waals surface area contributed by atoms with Crippen molar-refractivity contribution in [1.82, 2.24) is 5.16 Å². The summed E-state index contributed by atoms with van der Waals surface area (Å²) in [6, 6.07) is 9.06. The summed E-state index contributed by atoms with van der Waals surface area (Å²) in [7, 11) is 0. The molecule has 1 aromatic carbocycles. The monoisotopic (exact) mass is 374 g/mol. The van der Waals surface area contributed by atoms with E-state index in [1.165, 1.54) is 13.8 Å². The summed E-state index contributed by atoms with van der Waals surface area (Å²) >= 11 is 0. The van der Waals surface area contributed by atoms with Crippen LogP contribution < -0.4 is 0 Å². The third-order valence-electron chi connectivity index (χ3n) is 4.30. The number of hydrogen-bond donors (Lipinski definition) is 0. The Kier molecular flexibility index (Phi) is 6.81. The van der Waals surface area contributed by atoms with Crippen LogP contribution in [0.3, 0.4) is 0 Å². The Morgan fingerprint density at radius 1 is 1.30 bits per heavy atom. The van der Waals surface area contributed by atoms with Crippen molar-refractivity contribution < 1.29 is 23.8 Å². The first kappa shape index (κ1) is 20.3. The van der Waals surface area contributed by atoms with E-state index in [-0.39, 0.29) is 42.4 Å². The van der Waals surface area contributed by atoms with E-state index in [1.54, 1.807) is 19.1 Å². The Labute approximate surface area is 156 Å². The second kappa shape index (κ2) is 9.07. The van der Waals surface area contributed by atoms with Crippen LogP contribution in [0.4, 0.5) is 5.69 Å². The van der Waals surface area contributed by atoms with Gasteiger partial charge in [-0.15, -0.1) is 0 Å². The predicted molar refractivity (Wildman–Crippen MR) is 96.2 cm³/mol. The normalized spacial score (nSPS) is 13.0. The van der Waals surface area contributed by atoms with Crippen molar-refractivity contribution in [3.05, 3.63) is 57.5 Å². The molecular formula is C19H22N2O6. The minimum Gasteiger partial charge on any atom is -0.466 e. The fraction of sp³-hybridized carbons (Fsp3) is 0.421. The number of ether oxygens (including phenoxy) is 1. The number of rotatable bonds is 9. The maximum absolute atomic E-state index is 12.6. The molecule has 0 radical (unpaired) electrons. The topological polar surface area (TPSA) is 113 Å². The van der Waals surface area contributed by atoms with Crippen LogP contribution in [0.2, 0.25) is 0 Å². The highest BCUT2D eigenvalue weighted by molar-refractivity contribution is 5.83. The lowest BCUT2D eigenvalue weighted by molar-refractivity contribution is -0.386. The molecule has 2 unspecified atom stereocenters. The number of aryl methyl sites for hydroxylation is 1. The average molecular weight is 374 g/mol. The van der Waals surface area contributed by atoms with Crippen LogP contribution in [-0.4, -0.2) is 28.4 Å². The van der Waals surface area contributed by atoms with Crippen LogP contribution in [0.5, 0.6) is 0 Å². The van der Waals surface area contributed by atoms with Gasteiger partial charge in [-0.1, -0.05) is 35.5 Å². The largest absolute Gasteiger partial charge is 0.466 e. The van der Waals surface area contributed by atoms with E-state index >= 15 is 0 Å². The van der Waals surface area contributed by atoms with E-state index < -0.39 is 22.7 Å². The number of nitrogens with zero attached hydrogens (tertiary/aromatic N) is 2. The lowest BCUT2D eigenvalue weighted by Crippen LogP contribution is -2.28. The van der Waals surface area contributed by atoms with Crippen molar-refractivity contribution in [1.29, 1.82) is 0 Å². The van der Waals surface area contributed by atoms with Gasteiger partial charge in [0.05, 0.1) is 17.4 Å². The minimum absolute atomic E-state index is 0.0285. The molecule has 2 rings (SSSR count). The summed E-state index contributed by atoms with van der Waals surface area (Å²) in [5.74, 6) is -1.92. The molecular weight excluding hydrogens is 352 g/mol. The van der Waals surface area contributed by atoms with Gasteiger partial charge in [0, 0.05) is 18.8 Å². The summed E-state index contributed by atoms with van der Waals surface area (Å²) in [6.45, 7) is 4.75. The first-order valence-electron chi connectivity index (χ1n) is 8.65. The van der Waals surface area contributed by atoms with Crippen molar-refractivity contribution in [2.24, 2.45) is 5.92 Å². The van der Waals surface area contributed by atoms with Gasteiger partial charge in [-0.3, -0.25) is 14.9 Å². The molecule has 0 saturated carbocycles. The third kappa shape index (κ3) is 4.99. The fourth-order valence-electron chi connectivity index (χ4n) is 3.12. The standard InChI is InChI=1S/C19H22N2O6/c1-4-26-19(23)16(10-12(2)22)15(14-8-6-5-7-9-14)11-17-18(21(24)25)13(3)20-27-17/h5-9,15-16H,4,10-11H2,1-3H3. The van der Waals surface area contributed by atoms with Crippen molar-refractivity contribution in [2.75, 3.05) is 6.61 Å². The Bertz CT molecular complexity index is 815. The van der Waals surface area contributed by atoms with E-state index in [1.807, 2.05) is 18.2 Å². The van der Waals surface area contributed by atoms with Gasteiger partial charge in [-0.05, 0) is 26.3 Å². The molecule has 0 aliphatic carbocycles. The molecule has 1 aromatic heterocycles. The van der Waals surface area contributed by atoms with Crippen LogP contribution in [0.1, 0.15) is 43.2 Å². The smallest absolute Gasteiger partial charge is 0.334 e. The zero-order chi connectivity index (χ0) is 20.0. The molecule has 2 atom stereocenters. The molecule has 144 valence electrons. The molecule has 1 heterocycles. The number of carbonyl (C=O) groups excluding carboxylic acids is 2. The van der Waals surface area contributed by atoms with Crippen LogP contribution in [0.15, 0.2) is 34.9 Å². The molecule has 0 bridgehead atoms. The van der Waals surface area contributed by atoms with E-state index in [0.29, 0.717) is 0 Å². The van der Waals surface area contributed by atoms with Gasteiger partial charge < -0.3 is 14.1 Å². The first-order valence-corrected chi connectivity index (χ1v) is 8.65. The Balaban J connectivity index is 2.49. The number of esters is 1. The predicted octanol–water partition coefficient (Wildman–Crippen LogP) is 3.38. The van der Waals surface area contributed by atoms with Crippen molar-refractivity contribution in [3.63, 3.8) is 0 Å².